The molecule has 1 aliphatic rings. The molecule has 1 aliphatic heterocycles. The third-order valence-corrected chi connectivity index (χ3v) is 4.32. The first-order chi connectivity index (χ1) is 13.3. The summed E-state index contributed by atoms with van der Waals surface area (Å²) in [6, 6.07) is 0. The fraction of sp³-hybridized carbons (Fsp3) is 0.500. The van der Waals surface area contributed by atoms with Crippen LogP contribution in [0.3, 0.4) is 0 Å². The fourth-order valence-electron chi connectivity index (χ4n) is 3.21. The van der Waals surface area contributed by atoms with Gasteiger partial charge in [0.25, 0.3) is 0 Å². The quantitative estimate of drug-likeness (QED) is 0.484. The minimum Gasteiger partial charge on any atom is -0.469 e. The summed E-state index contributed by atoms with van der Waals surface area (Å²) < 4.78 is 18.1. The molecule has 2 aromatic heterocycles. The van der Waals surface area contributed by atoms with Crippen molar-refractivity contribution in [2.24, 2.45) is 0 Å². The van der Waals surface area contributed by atoms with Gasteiger partial charge in [-0.1, -0.05) is 0 Å². The van der Waals surface area contributed by atoms with E-state index in [9.17, 15) is 19.2 Å². The molecule has 3 heterocycles. The van der Waals surface area contributed by atoms with E-state index in [1.54, 1.807) is 0 Å². The Kier molecular flexibility index (Phi) is 5.40. The van der Waals surface area contributed by atoms with Crippen LogP contribution in [-0.2, 0) is 35.1 Å². The van der Waals surface area contributed by atoms with Crippen LogP contribution in [0.25, 0.3) is 11.2 Å². The van der Waals surface area contributed by atoms with Gasteiger partial charge < -0.3 is 24.7 Å². The van der Waals surface area contributed by atoms with Gasteiger partial charge in [-0.15, -0.1) is 0 Å². The van der Waals surface area contributed by atoms with Crippen LogP contribution >= 0.6 is 0 Å². The number of hydrogen-bond donors (Lipinski definition) is 1. The zero-order valence-corrected chi connectivity index (χ0v) is 15.2. The van der Waals surface area contributed by atoms with E-state index in [1.807, 2.05) is 0 Å². The first-order valence-corrected chi connectivity index (χ1v) is 8.42. The van der Waals surface area contributed by atoms with Gasteiger partial charge in [0.15, 0.2) is 11.9 Å². The zero-order valence-electron chi connectivity index (χ0n) is 15.2. The Labute approximate surface area is 158 Å². The summed E-state index contributed by atoms with van der Waals surface area (Å²) in [7, 11) is 1.25. The number of aldehydes is 1. The molecular weight excluding hydrogens is 374 g/mol. The molecule has 0 unspecified atom stereocenters. The summed E-state index contributed by atoms with van der Waals surface area (Å²) in [5.74, 6) is -1.16. The molecule has 0 aromatic carbocycles. The number of carbonyl (C=O) groups is 3. The molecule has 12 heteroatoms. The van der Waals surface area contributed by atoms with Crippen molar-refractivity contribution in [3.63, 3.8) is 0 Å². The predicted molar refractivity (Wildman–Crippen MR) is 93.0 cm³/mol. The molecule has 0 amide bonds. The molecule has 1 saturated heterocycles. The van der Waals surface area contributed by atoms with E-state index in [0.717, 1.165) is 9.13 Å². The van der Waals surface area contributed by atoms with Crippen LogP contribution < -0.4 is 11.4 Å². The van der Waals surface area contributed by atoms with E-state index in [1.165, 1.54) is 20.2 Å². The summed E-state index contributed by atoms with van der Waals surface area (Å²) >= 11 is 0. The molecule has 28 heavy (non-hydrogen) atoms. The van der Waals surface area contributed by atoms with Crippen molar-refractivity contribution < 1.29 is 28.6 Å². The Morgan fingerprint density at radius 2 is 2.21 bits per heavy atom. The van der Waals surface area contributed by atoms with Crippen LogP contribution in [-0.4, -0.2) is 56.6 Å². The van der Waals surface area contributed by atoms with Gasteiger partial charge in [-0.25, -0.2) is 14.3 Å². The second-order valence-corrected chi connectivity index (χ2v) is 6.18. The van der Waals surface area contributed by atoms with Crippen molar-refractivity contribution in [2.75, 3.05) is 12.8 Å². The van der Waals surface area contributed by atoms with Gasteiger partial charge in [0.05, 0.1) is 32.4 Å². The summed E-state index contributed by atoms with van der Waals surface area (Å²) in [4.78, 5) is 55.0. The Morgan fingerprint density at radius 1 is 1.46 bits per heavy atom. The molecule has 12 nitrogen and oxygen atoms in total. The predicted octanol–water partition coefficient (Wildman–Crippen LogP) is -0.844. The number of nitrogens with zero attached hydrogens (tertiary/aromatic N) is 4. The van der Waals surface area contributed by atoms with Crippen molar-refractivity contribution in [1.82, 2.24) is 19.1 Å². The van der Waals surface area contributed by atoms with E-state index in [0.29, 0.717) is 6.29 Å². The largest absolute Gasteiger partial charge is 0.469 e. The van der Waals surface area contributed by atoms with Gasteiger partial charge in [-0.2, -0.15) is 4.98 Å². The third kappa shape index (κ3) is 3.58. The lowest BCUT2D eigenvalue weighted by atomic mass is 10.1. The number of hydrogen-bond acceptors (Lipinski definition) is 10. The Bertz CT molecular complexity index is 982. The molecule has 3 rings (SSSR count). The summed E-state index contributed by atoms with van der Waals surface area (Å²) in [6.45, 7) is 0.995. The van der Waals surface area contributed by atoms with E-state index < -0.39 is 36.1 Å². The number of rotatable bonds is 6. The number of aromatic nitrogens is 4. The molecule has 0 bridgehead atoms. The SMILES string of the molecule is COC(=O)C[C@@H]1C[C@@H](OC(C)=O)[C@H](n2c(=O)n(CC=O)c3cnc(N)nc32)O1. The molecule has 0 aliphatic carbocycles. The number of nitrogens with two attached hydrogens (primary N) is 1. The second kappa shape index (κ2) is 7.76. The highest BCUT2D eigenvalue weighted by Gasteiger charge is 2.42. The Hall–Kier alpha value is -3.28. The molecular formula is C16H19N5O7. The highest BCUT2D eigenvalue weighted by atomic mass is 16.6. The highest BCUT2D eigenvalue weighted by molar-refractivity contribution is 5.73. The number of esters is 2. The number of fused-ring (bicyclic) bond motifs is 1. The smallest absolute Gasteiger partial charge is 0.333 e. The van der Waals surface area contributed by atoms with E-state index in [-0.39, 0.29) is 36.5 Å². The Morgan fingerprint density at radius 3 is 2.86 bits per heavy atom. The molecule has 3 atom stereocenters. The molecule has 2 N–H and O–H groups in total. The van der Waals surface area contributed by atoms with E-state index in [4.69, 9.17) is 15.2 Å². The van der Waals surface area contributed by atoms with E-state index >= 15 is 0 Å². The van der Waals surface area contributed by atoms with Crippen molar-refractivity contribution >= 4 is 35.3 Å². The molecule has 0 saturated carbocycles. The standard InChI is InChI=1S/C16H19N5O7/c1-8(23)27-11-5-9(6-12(24)26-2)28-14(11)21-13-10(7-18-15(17)19-13)20(3-4-22)16(21)25/h4,7,9,11,14H,3,5-6H2,1-2H3,(H2,17,18,19)/t9-,11+,14+/m0/s1. The van der Waals surface area contributed by atoms with Crippen molar-refractivity contribution in [1.29, 1.82) is 0 Å². The number of nitrogen functional groups attached to an aromatic ring is 1. The van der Waals surface area contributed by atoms with Crippen LogP contribution in [0.1, 0.15) is 26.0 Å². The van der Waals surface area contributed by atoms with Crippen LogP contribution in [0.15, 0.2) is 11.0 Å². The van der Waals surface area contributed by atoms with Crippen molar-refractivity contribution in [2.45, 2.75) is 44.7 Å². The average molecular weight is 393 g/mol. The van der Waals surface area contributed by atoms with Crippen molar-refractivity contribution in [3.8, 4) is 0 Å². The third-order valence-electron chi connectivity index (χ3n) is 4.32. The normalized spacial score (nSPS) is 21.6. The van der Waals surface area contributed by atoms with Crippen molar-refractivity contribution in [3.05, 3.63) is 16.7 Å². The van der Waals surface area contributed by atoms with E-state index in [2.05, 4.69) is 14.7 Å². The van der Waals surface area contributed by atoms with Gasteiger partial charge in [-0.3, -0.25) is 14.2 Å². The fourth-order valence-corrected chi connectivity index (χ4v) is 3.21. The zero-order chi connectivity index (χ0) is 20.4. The van der Waals surface area contributed by atoms with Gasteiger partial charge in [0, 0.05) is 13.3 Å². The monoisotopic (exact) mass is 393 g/mol. The van der Waals surface area contributed by atoms with Gasteiger partial charge in [0.1, 0.15) is 17.9 Å². The molecule has 150 valence electrons. The topological polar surface area (TPSA) is 158 Å². The lowest BCUT2D eigenvalue weighted by Gasteiger charge is -2.19. The van der Waals surface area contributed by atoms with Crippen LogP contribution in [0.4, 0.5) is 5.95 Å². The second-order valence-electron chi connectivity index (χ2n) is 6.18. The lowest BCUT2D eigenvalue weighted by Crippen LogP contribution is -2.34. The Balaban J connectivity index is 2.09. The maximum absolute atomic E-state index is 12.9. The van der Waals surface area contributed by atoms with Gasteiger partial charge >= 0.3 is 17.6 Å². The molecule has 2 aromatic rings. The minimum absolute atomic E-state index is 0.0797. The van der Waals surface area contributed by atoms with Gasteiger partial charge in [-0.05, 0) is 0 Å². The molecule has 0 radical (unpaired) electrons. The maximum atomic E-state index is 12.9. The summed E-state index contributed by atoms with van der Waals surface area (Å²) in [5.41, 5.74) is 5.44. The molecule has 0 spiro atoms. The number of methoxy groups -OCH3 is 1. The highest BCUT2D eigenvalue weighted by Crippen LogP contribution is 2.34. The number of anilines is 1. The maximum Gasteiger partial charge on any atom is 0.333 e. The average Bonchev–Trinajstić information content (AvgIpc) is 3.12. The number of imidazole rings is 1. The van der Waals surface area contributed by atoms with Crippen LogP contribution in [0, 0.1) is 0 Å². The lowest BCUT2D eigenvalue weighted by molar-refractivity contribution is -0.153. The minimum atomic E-state index is -1.06. The van der Waals surface area contributed by atoms with Gasteiger partial charge in [0.2, 0.25) is 5.95 Å². The summed E-state index contributed by atoms with van der Waals surface area (Å²) in [5, 5.41) is 0. The molecule has 1 fully saturated rings. The summed E-state index contributed by atoms with van der Waals surface area (Å²) in [6.07, 6.45) is -0.581. The van der Waals surface area contributed by atoms with Crippen LogP contribution in [0.5, 0.6) is 0 Å². The van der Waals surface area contributed by atoms with Crippen LogP contribution in [0.2, 0.25) is 0 Å². The number of ether oxygens (including phenoxy) is 3. The number of carbonyl (C=O) groups excluding carboxylic acids is 3. The first kappa shape index (κ1) is 19.5. The first-order valence-electron chi connectivity index (χ1n) is 8.42.